The smallest absolute Gasteiger partial charge is 0.255 e. The molecule has 1 saturated heterocycles. The second kappa shape index (κ2) is 9.48. The zero-order valence-corrected chi connectivity index (χ0v) is 20.5. The standard InChI is InChI=1S/C26H29F2N5O3/c1-13-4-7-19(36-11-16-5-6-16)21(22(13)28)24-25-23(29-12-30-24)20(14(2)31-25)26(35)32-18-8-9-33(15(3)34)10-17(18)27/h4,7,12,16-18,31H,5-6,8-11H2,1-3H3,(H,32,35)/t17-,18+/m0/s1. The van der Waals surface area contributed by atoms with Gasteiger partial charge in [-0.2, -0.15) is 0 Å². The van der Waals surface area contributed by atoms with Crippen LogP contribution in [0.25, 0.3) is 22.3 Å². The van der Waals surface area contributed by atoms with Gasteiger partial charge >= 0.3 is 0 Å². The number of hydrogen-bond donors (Lipinski definition) is 2. The Morgan fingerprint density at radius 3 is 2.69 bits per heavy atom. The number of hydrogen-bond acceptors (Lipinski definition) is 5. The molecule has 2 atom stereocenters. The Labute approximate surface area is 207 Å². The third kappa shape index (κ3) is 4.52. The van der Waals surface area contributed by atoms with Crippen LogP contribution in [0.3, 0.4) is 0 Å². The van der Waals surface area contributed by atoms with Crippen molar-refractivity contribution in [3.05, 3.63) is 41.1 Å². The lowest BCUT2D eigenvalue weighted by molar-refractivity contribution is -0.131. The number of likely N-dealkylation sites (tertiary alicyclic amines) is 1. The Hall–Kier alpha value is -3.56. The number of carbonyl (C=O) groups excluding carboxylic acids is 2. The largest absolute Gasteiger partial charge is 0.492 e. The van der Waals surface area contributed by atoms with Gasteiger partial charge in [0.15, 0.2) is 0 Å². The van der Waals surface area contributed by atoms with Crippen LogP contribution in [0, 0.1) is 25.6 Å². The molecule has 2 aromatic heterocycles. The molecule has 1 aliphatic carbocycles. The van der Waals surface area contributed by atoms with Gasteiger partial charge < -0.3 is 19.9 Å². The zero-order valence-electron chi connectivity index (χ0n) is 20.5. The zero-order chi connectivity index (χ0) is 25.6. The number of alkyl halides is 1. The molecule has 2 amide bonds. The summed E-state index contributed by atoms with van der Waals surface area (Å²) < 4.78 is 36.1. The van der Waals surface area contributed by atoms with Crippen LogP contribution in [-0.4, -0.2) is 63.6 Å². The first kappa shape index (κ1) is 24.1. The van der Waals surface area contributed by atoms with Gasteiger partial charge in [-0.05, 0) is 50.7 Å². The van der Waals surface area contributed by atoms with E-state index >= 15 is 4.39 Å². The average Bonchev–Trinajstić information content (AvgIpc) is 3.60. The highest BCUT2D eigenvalue weighted by atomic mass is 19.1. The van der Waals surface area contributed by atoms with E-state index < -0.39 is 23.9 Å². The predicted octanol–water partition coefficient (Wildman–Crippen LogP) is 3.86. The molecule has 190 valence electrons. The quantitative estimate of drug-likeness (QED) is 0.539. The van der Waals surface area contributed by atoms with Gasteiger partial charge in [0, 0.05) is 19.2 Å². The van der Waals surface area contributed by atoms with Crippen LogP contribution in [0.1, 0.15) is 47.8 Å². The van der Waals surface area contributed by atoms with E-state index in [1.807, 2.05) is 0 Å². The highest BCUT2D eigenvalue weighted by Gasteiger charge is 2.33. The number of piperidine rings is 1. The molecule has 1 aliphatic heterocycles. The molecular weight excluding hydrogens is 468 g/mol. The lowest BCUT2D eigenvalue weighted by atomic mass is 10.0. The molecule has 2 N–H and O–H groups in total. The number of nitrogens with zero attached hydrogens (tertiary/aromatic N) is 3. The van der Waals surface area contributed by atoms with Crippen LogP contribution < -0.4 is 10.1 Å². The van der Waals surface area contributed by atoms with Crippen LogP contribution in [0.2, 0.25) is 0 Å². The van der Waals surface area contributed by atoms with Gasteiger partial charge in [-0.15, -0.1) is 0 Å². The number of carbonyl (C=O) groups is 2. The SMILES string of the molecule is CC(=O)N1CC[C@@H](NC(=O)c2c(C)[nH]c3c(-c4c(OCC5CC5)ccc(C)c4F)ncnc23)[C@@H](F)C1. The van der Waals surface area contributed by atoms with Crippen molar-refractivity contribution in [1.82, 2.24) is 25.2 Å². The van der Waals surface area contributed by atoms with E-state index in [4.69, 9.17) is 4.74 Å². The number of aromatic amines is 1. The molecule has 2 fully saturated rings. The van der Waals surface area contributed by atoms with E-state index in [0.717, 1.165) is 12.8 Å². The molecule has 0 spiro atoms. The lowest BCUT2D eigenvalue weighted by Crippen LogP contribution is -2.53. The molecule has 5 rings (SSSR count). The Balaban J connectivity index is 1.48. The second-order valence-electron chi connectivity index (χ2n) is 9.74. The van der Waals surface area contributed by atoms with Crippen molar-refractivity contribution < 1.29 is 23.1 Å². The molecule has 10 heteroatoms. The monoisotopic (exact) mass is 497 g/mol. The van der Waals surface area contributed by atoms with E-state index in [-0.39, 0.29) is 23.6 Å². The lowest BCUT2D eigenvalue weighted by Gasteiger charge is -2.34. The van der Waals surface area contributed by atoms with Gasteiger partial charge in [-0.3, -0.25) is 9.59 Å². The second-order valence-corrected chi connectivity index (χ2v) is 9.74. The van der Waals surface area contributed by atoms with Crippen molar-refractivity contribution in [2.24, 2.45) is 5.92 Å². The van der Waals surface area contributed by atoms with Gasteiger partial charge in [0.05, 0.1) is 35.8 Å². The summed E-state index contributed by atoms with van der Waals surface area (Å²) in [5.74, 6) is -0.248. The minimum atomic E-state index is -1.38. The van der Waals surface area contributed by atoms with Gasteiger partial charge in [0.2, 0.25) is 5.91 Å². The van der Waals surface area contributed by atoms with E-state index in [1.165, 1.54) is 18.2 Å². The van der Waals surface area contributed by atoms with Crippen molar-refractivity contribution >= 4 is 22.8 Å². The molecule has 1 aromatic carbocycles. The molecule has 3 aromatic rings. The maximum absolute atomic E-state index is 15.4. The minimum absolute atomic E-state index is 0.0598. The summed E-state index contributed by atoms with van der Waals surface area (Å²) in [6.07, 6.45) is 2.42. The first-order chi connectivity index (χ1) is 17.2. The number of aryl methyl sites for hydroxylation is 2. The summed E-state index contributed by atoms with van der Waals surface area (Å²) in [5.41, 5.74) is 2.45. The fraction of sp³-hybridized carbons (Fsp3) is 0.462. The van der Waals surface area contributed by atoms with Crippen molar-refractivity contribution in [1.29, 1.82) is 0 Å². The van der Waals surface area contributed by atoms with Crippen molar-refractivity contribution in [2.45, 2.75) is 52.2 Å². The number of rotatable bonds is 6. The topological polar surface area (TPSA) is 100 Å². The normalized spacial score (nSPS) is 20.0. The van der Waals surface area contributed by atoms with Crippen LogP contribution in [0.15, 0.2) is 18.5 Å². The van der Waals surface area contributed by atoms with E-state index in [1.54, 1.807) is 26.0 Å². The molecule has 0 bridgehead atoms. The third-order valence-corrected chi connectivity index (χ3v) is 7.01. The molecule has 2 aliphatic rings. The molecule has 8 nitrogen and oxygen atoms in total. The number of benzene rings is 1. The van der Waals surface area contributed by atoms with Crippen LogP contribution in [-0.2, 0) is 4.79 Å². The molecule has 0 unspecified atom stereocenters. The summed E-state index contributed by atoms with van der Waals surface area (Å²) in [6.45, 7) is 5.60. The van der Waals surface area contributed by atoms with Gasteiger partial charge in [0.1, 0.15) is 35.3 Å². The summed E-state index contributed by atoms with van der Waals surface area (Å²) in [4.78, 5) is 38.1. The fourth-order valence-electron chi connectivity index (χ4n) is 4.68. The third-order valence-electron chi connectivity index (χ3n) is 7.01. The van der Waals surface area contributed by atoms with Crippen LogP contribution in [0.4, 0.5) is 8.78 Å². The number of ether oxygens (including phenoxy) is 1. The number of amides is 2. The number of aromatic nitrogens is 3. The fourth-order valence-corrected chi connectivity index (χ4v) is 4.68. The van der Waals surface area contributed by atoms with Crippen molar-refractivity contribution in [3.8, 4) is 17.0 Å². The maximum atomic E-state index is 15.4. The van der Waals surface area contributed by atoms with Gasteiger partial charge in [-0.25, -0.2) is 18.7 Å². The predicted molar refractivity (Wildman–Crippen MR) is 130 cm³/mol. The summed E-state index contributed by atoms with van der Waals surface area (Å²) >= 11 is 0. The van der Waals surface area contributed by atoms with E-state index in [0.29, 0.717) is 59.2 Å². The number of nitrogens with one attached hydrogen (secondary N) is 2. The van der Waals surface area contributed by atoms with Gasteiger partial charge in [0.25, 0.3) is 5.91 Å². The minimum Gasteiger partial charge on any atom is -0.492 e. The number of fused-ring (bicyclic) bond motifs is 1. The Bertz CT molecular complexity index is 1340. The highest BCUT2D eigenvalue weighted by molar-refractivity contribution is 6.09. The Morgan fingerprint density at radius 1 is 1.22 bits per heavy atom. The summed E-state index contributed by atoms with van der Waals surface area (Å²) in [5, 5.41) is 2.76. The first-order valence-corrected chi connectivity index (χ1v) is 12.2. The Morgan fingerprint density at radius 2 is 2.00 bits per heavy atom. The molecular formula is C26H29F2N5O3. The van der Waals surface area contributed by atoms with E-state index in [9.17, 15) is 14.0 Å². The number of H-pyrrole nitrogens is 1. The average molecular weight is 498 g/mol. The van der Waals surface area contributed by atoms with Crippen LogP contribution in [0.5, 0.6) is 5.75 Å². The van der Waals surface area contributed by atoms with E-state index in [2.05, 4.69) is 20.3 Å². The number of halogens is 2. The van der Waals surface area contributed by atoms with Gasteiger partial charge in [-0.1, -0.05) is 6.07 Å². The summed E-state index contributed by atoms with van der Waals surface area (Å²) in [7, 11) is 0. The summed E-state index contributed by atoms with van der Waals surface area (Å²) in [6, 6.07) is 2.68. The molecule has 3 heterocycles. The maximum Gasteiger partial charge on any atom is 0.255 e. The molecule has 36 heavy (non-hydrogen) atoms. The Kier molecular flexibility index (Phi) is 6.36. The molecule has 0 radical (unpaired) electrons. The first-order valence-electron chi connectivity index (χ1n) is 12.2. The molecule has 1 saturated carbocycles. The van der Waals surface area contributed by atoms with Crippen molar-refractivity contribution in [2.75, 3.05) is 19.7 Å². The van der Waals surface area contributed by atoms with Crippen LogP contribution >= 0.6 is 0 Å². The van der Waals surface area contributed by atoms with Crippen molar-refractivity contribution in [3.63, 3.8) is 0 Å². The highest BCUT2D eigenvalue weighted by Crippen LogP contribution is 2.39.